The predicted molar refractivity (Wildman–Crippen MR) is 72.2 cm³/mol. The van der Waals surface area contributed by atoms with Crippen molar-refractivity contribution in [1.82, 2.24) is 15.1 Å². The topological polar surface area (TPSA) is 35.6 Å². The van der Waals surface area contributed by atoms with Crippen LogP contribution in [0.15, 0.2) is 0 Å². The summed E-state index contributed by atoms with van der Waals surface area (Å²) in [4.78, 5) is 16.5. The van der Waals surface area contributed by atoms with Crippen molar-refractivity contribution < 1.29 is 4.79 Å². The largest absolute Gasteiger partial charge is 0.327 e. The Bertz CT molecular complexity index is 256. The highest BCUT2D eigenvalue weighted by atomic mass is 32.2. The van der Waals surface area contributed by atoms with Gasteiger partial charge in [0.1, 0.15) is 0 Å². The average Bonchev–Trinajstić information content (AvgIpc) is 2.70. The minimum atomic E-state index is 0.0805. The summed E-state index contributed by atoms with van der Waals surface area (Å²) in [6.07, 6.45) is 2.04. The molecule has 0 saturated carbocycles. The molecule has 2 aliphatic rings. The van der Waals surface area contributed by atoms with Crippen LogP contribution in [-0.2, 0) is 4.79 Å². The molecule has 2 rings (SSSR count). The first-order chi connectivity index (χ1) is 8.31. The van der Waals surface area contributed by atoms with Crippen molar-refractivity contribution in [2.75, 3.05) is 44.4 Å². The van der Waals surface area contributed by atoms with Crippen LogP contribution in [0.3, 0.4) is 0 Å². The van der Waals surface area contributed by atoms with Crippen LogP contribution in [-0.4, -0.2) is 66.1 Å². The first-order valence-corrected chi connectivity index (χ1v) is 7.79. The van der Waals surface area contributed by atoms with Gasteiger partial charge in [-0.1, -0.05) is 13.3 Å². The molecule has 1 amide bonds. The number of hydrogen-bond donors (Lipinski definition) is 1. The van der Waals surface area contributed by atoms with Gasteiger partial charge in [-0.05, 0) is 6.42 Å². The highest BCUT2D eigenvalue weighted by molar-refractivity contribution is 7.99. The Hall–Kier alpha value is -0.260. The Morgan fingerprint density at radius 3 is 2.82 bits per heavy atom. The second-order valence-electron chi connectivity index (χ2n) is 4.76. The molecule has 0 spiro atoms. The van der Waals surface area contributed by atoms with Gasteiger partial charge < -0.3 is 4.90 Å². The Kier molecular flexibility index (Phi) is 5.13. The minimum absolute atomic E-state index is 0.0805. The van der Waals surface area contributed by atoms with Crippen LogP contribution in [0.2, 0.25) is 0 Å². The molecular formula is C12H23N3OS. The first kappa shape index (κ1) is 13.2. The fraction of sp³-hybridized carbons (Fsp3) is 0.917. The molecule has 2 heterocycles. The molecule has 1 unspecified atom stereocenters. The van der Waals surface area contributed by atoms with Crippen molar-refractivity contribution in [3.8, 4) is 0 Å². The van der Waals surface area contributed by atoms with E-state index >= 15 is 0 Å². The van der Waals surface area contributed by atoms with E-state index in [9.17, 15) is 4.79 Å². The van der Waals surface area contributed by atoms with E-state index in [4.69, 9.17) is 0 Å². The van der Waals surface area contributed by atoms with Gasteiger partial charge in [-0.2, -0.15) is 11.8 Å². The molecule has 1 N–H and O–H groups in total. The van der Waals surface area contributed by atoms with Gasteiger partial charge in [-0.25, -0.2) is 0 Å². The standard InChI is InChI=1S/C12H23N3OS/c1-2-3-11-12(16)15(10-13-11)5-4-14-6-8-17-9-7-14/h11,13H,2-10H2,1H3. The van der Waals surface area contributed by atoms with E-state index in [1.54, 1.807) is 0 Å². The molecule has 0 aromatic rings. The number of carbonyl (C=O) groups excluding carboxylic acids is 1. The van der Waals surface area contributed by atoms with Crippen LogP contribution in [0, 0.1) is 0 Å². The fourth-order valence-electron chi connectivity index (χ4n) is 2.40. The Labute approximate surface area is 108 Å². The zero-order valence-corrected chi connectivity index (χ0v) is 11.5. The normalized spacial score (nSPS) is 26.8. The molecule has 0 radical (unpaired) electrons. The van der Waals surface area contributed by atoms with Crippen molar-refractivity contribution in [1.29, 1.82) is 0 Å². The Balaban J connectivity index is 1.70. The number of hydrogen-bond acceptors (Lipinski definition) is 4. The van der Waals surface area contributed by atoms with Crippen LogP contribution < -0.4 is 5.32 Å². The predicted octanol–water partition coefficient (Wildman–Crippen LogP) is 0.593. The molecule has 2 aliphatic heterocycles. The smallest absolute Gasteiger partial charge is 0.240 e. The SMILES string of the molecule is CCCC1NCN(CCN2CCSCC2)C1=O. The number of thioether (sulfide) groups is 1. The molecule has 4 nitrogen and oxygen atoms in total. The second kappa shape index (κ2) is 6.61. The molecule has 17 heavy (non-hydrogen) atoms. The number of rotatable bonds is 5. The van der Waals surface area contributed by atoms with Gasteiger partial charge in [0, 0.05) is 37.7 Å². The van der Waals surface area contributed by atoms with Crippen molar-refractivity contribution in [3.63, 3.8) is 0 Å². The lowest BCUT2D eigenvalue weighted by Gasteiger charge is -2.28. The summed E-state index contributed by atoms with van der Waals surface area (Å²) in [5.74, 6) is 2.79. The third kappa shape index (κ3) is 3.60. The van der Waals surface area contributed by atoms with E-state index < -0.39 is 0 Å². The number of amides is 1. The van der Waals surface area contributed by atoms with E-state index in [2.05, 4.69) is 17.1 Å². The van der Waals surface area contributed by atoms with Gasteiger partial charge in [0.2, 0.25) is 5.91 Å². The second-order valence-corrected chi connectivity index (χ2v) is 5.98. The molecule has 98 valence electrons. The van der Waals surface area contributed by atoms with Crippen molar-refractivity contribution in [2.45, 2.75) is 25.8 Å². The average molecular weight is 257 g/mol. The first-order valence-electron chi connectivity index (χ1n) is 6.63. The van der Waals surface area contributed by atoms with Crippen molar-refractivity contribution >= 4 is 17.7 Å². The maximum absolute atomic E-state index is 12.0. The lowest BCUT2D eigenvalue weighted by Crippen LogP contribution is -2.40. The highest BCUT2D eigenvalue weighted by Gasteiger charge is 2.29. The van der Waals surface area contributed by atoms with Crippen LogP contribution in [0.4, 0.5) is 0 Å². The van der Waals surface area contributed by atoms with E-state index in [-0.39, 0.29) is 6.04 Å². The van der Waals surface area contributed by atoms with Gasteiger partial charge >= 0.3 is 0 Å². The molecule has 0 aromatic carbocycles. The van der Waals surface area contributed by atoms with Crippen molar-refractivity contribution in [3.05, 3.63) is 0 Å². The Morgan fingerprint density at radius 2 is 2.12 bits per heavy atom. The van der Waals surface area contributed by atoms with Gasteiger partial charge in [0.05, 0.1) is 12.7 Å². The molecule has 2 saturated heterocycles. The Morgan fingerprint density at radius 1 is 1.35 bits per heavy atom. The zero-order valence-electron chi connectivity index (χ0n) is 10.7. The summed E-state index contributed by atoms with van der Waals surface area (Å²) in [6, 6.07) is 0.0805. The van der Waals surface area contributed by atoms with Crippen LogP contribution in [0.1, 0.15) is 19.8 Å². The molecule has 0 aromatic heterocycles. The van der Waals surface area contributed by atoms with Crippen LogP contribution in [0.5, 0.6) is 0 Å². The van der Waals surface area contributed by atoms with Gasteiger partial charge in [-0.3, -0.25) is 15.0 Å². The molecule has 0 aliphatic carbocycles. The van der Waals surface area contributed by atoms with Gasteiger partial charge in [0.15, 0.2) is 0 Å². The summed E-state index contributed by atoms with van der Waals surface area (Å²) >= 11 is 2.03. The van der Waals surface area contributed by atoms with E-state index in [0.717, 1.165) is 32.6 Å². The summed E-state index contributed by atoms with van der Waals surface area (Å²) in [6.45, 7) is 7.15. The molecule has 2 fully saturated rings. The van der Waals surface area contributed by atoms with E-state index in [0.29, 0.717) is 5.91 Å². The maximum atomic E-state index is 12.0. The zero-order chi connectivity index (χ0) is 12.1. The summed E-state index contributed by atoms with van der Waals surface area (Å²) in [7, 11) is 0. The van der Waals surface area contributed by atoms with Crippen molar-refractivity contribution in [2.24, 2.45) is 0 Å². The van der Waals surface area contributed by atoms with E-state index in [1.165, 1.54) is 24.6 Å². The lowest BCUT2D eigenvalue weighted by atomic mass is 10.2. The minimum Gasteiger partial charge on any atom is -0.327 e. The monoisotopic (exact) mass is 257 g/mol. The number of nitrogens with zero attached hydrogens (tertiary/aromatic N) is 2. The molecular weight excluding hydrogens is 234 g/mol. The fourth-order valence-corrected chi connectivity index (χ4v) is 3.38. The summed E-state index contributed by atoms with van der Waals surface area (Å²) in [5, 5.41) is 3.30. The third-order valence-electron chi connectivity index (χ3n) is 3.51. The molecule has 0 bridgehead atoms. The summed E-state index contributed by atoms with van der Waals surface area (Å²) < 4.78 is 0. The maximum Gasteiger partial charge on any atom is 0.240 e. The highest BCUT2D eigenvalue weighted by Crippen LogP contribution is 2.11. The van der Waals surface area contributed by atoms with E-state index in [1.807, 2.05) is 16.7 Å². The molecule has 1 atom stereocenters. The van der Waals surface area contributed by atoms with Crippen LogP contribution >= 0.6 is 11.8 Å². The summed E-state index contributed by atoms with van der Waals surface area (Å²) in [5.41, 5.74) is 0. The number of nitrogens with one attached hydrogen (secondary N) is 1. The van der Waals surface area contributed by atoms with Crippen LogP contribution in [0.25, 0.3) is 0 Å². The number of carbonyl (C=O) groups is 1. The van der Waals surface area contributed by atoms with Gasteiger partial charge in [-0.15, -0.1) is 0 Å². The third-order valence-corrected chi connectivity index (χ3v) is 4.45. The lowest BCUT2D eigenvalue weighted by molar-refractivity contribution is -0.129. The van der Waals surface area contributed by atoms with Gasteiger partial charge in [0.25, 0.3) is 0 Å². The quantitative estimate of drug-likeness (QED) is 0.782. The molecule has 5 heteroatoms.